The quantitative estimate of drug-likeness (QED) is 0.749. The molecule has 1 aliphatic heterocycles. The highest BCUT2D eigenvalue weighted by Gasteiger charge is 2.47. The summed E-state index contributed by atoms with van der Waals surface area (Å²) in [7, 11) is 6.28. The van der Waals surface area contributed by atoms with Gasteiger partial charge in [-0.15, -0.1) is 0 Å². The number of piperidine rings is 1. The summed E-state index contributed by atoms with van der Waals surface area (Å²) < 4.78 is 5.50. The molecule has 4 heteroatoms. The van der Waals surface area contributed by atoms with Gasteiger partial charge in [0.05, 0.1) is 12.1 Å². The van der Waals surface area contributed by atoms with Crippen molar-refractivity contribution in [3.05, 3.63) is 0 Å². The van der Waals surface area contributed by atoms with Crippen molar-refractivity contribution in [3.8, 4) is 0 Å². The zero-order chi connectivity index (χ0) is 13.9. The lowest BCUT2D eigenvalue weighted by Gasteiger charge is -2.43. The van der Waals surface area contributed by atoms with Gasteiger partial charge < -0.3 is 15.4 Å². The summed E-state index contributed by atoms with van der Waals surface area (Å²) in [5.41, 5.74) is 6.21. The van der Waals surface area contributed by atoms with Crippen LogP contribution in [0.1, 0.15) is 25.7 Å². The summed E-state index contributed by atoms with van der Waals surface area (Å²) in [4.78, 5) is 4.95. The number of hydrogen-bond donors (Lipinski definition) is 1. The molecule has 1 atom stereocenters. The minimum atomic E-state index is 0.0814. The van der Waals surface area contributed by atoms with Gasteiger partial charge in [0.15, 0.2) is 0 Å². The number of hydrogen-bond acceptors (Lipinski definition) is 4. The monoisotopic (exact) mass is 269 g/mol. The Kier molecular flexibility index (Phi) is 5.23. The van der Waals surface area contributed by atoms with Gasteiger partial charge in [0.25, 0.3) is 0 Å². The number of nitrogens with zero attached hydrogens (tertiary/aromatic N) is 2. The van der Waals surface area contributed by atoms with Crippen LogP contribution in [0.15, 0.2) is 0 Å². The van der Waals surface area contributed by atoms with E-state index in [1.54, 1.807) is 7.11 Å². The fourth-order valence-electron chi connectivity index (χ4n) is 3.61. The molecule has 1 heterocycles. The van der Waals surface area contributed by atoms with Crippen LogP contribution < -0.4 is 5.73 Å². The van der Waals surface area contributed by atoms with E-state index in [-0.39, 0.29) is 5.54 Å². The summed E-state index contributed by atoms with van der Waals surface area (Å²) >= 11 is 0. The maximum absolute atomic E-state index is 6.13. The highest BCUT2D eigenvalue weighted by molar-refractivity contribution is 5.03. The molecular weight excluding hydrogens is 238 g/mol. The summed E-state index contributed by atoms with van der Waals surface area (Å²) in [5.74, 6) is 1.57. The third-order valence-corrected chi connectivity index (χ3v) is 5.22. The third-order valence-electron chi connectivity index (χ3n) is 5.22. The molecule has 2 fully saturated rings. The van der Waals surface area contributed by atoms with E-state index in [4.69, 9.17) is 10.5 Å². The van der Waals surface area contributed by atoms with Gasteiger partial charge in [-0.2, -0.15) is 0 Å². The van der Waals surface area contributed by atoms with Crippen molar-refractivity contribution in [3.63, 3.8) is 0 Å². The van der Waals surface area contributed by atoms with E-state index < -0.39 is 0 Å². The van der Waals surface area contributed by atoms with E-state index >= 15 is 0 Å². The van der Waals surface area contributed by atoms with Gasteiger partial charge in [0.2, 0.25) is 0 Å². The van der Waals surface area contributed by atoms with Crippen LogP contribution in [0.3, 0.4) is 0 Å². The van der Waals surface area contributed by atoms with E-state index in [1.165, 1.54) is 45.3 Å². The smallest absolute Gasteiger partial charge is 0.0661 e. The second kappa shape index (κ2) is 6.53. The molecule has 0 amide bonds. The van der Waals surface area contributed by atoms with Gasteiger partial charge in [-0.25, -0.2) is 0 Å². The average molecular weight is 269 g/mol. The number of likely N-dealkylation sites (tertiary alicyclic amines) is 1. The first-order valence-electron chi connectivity index (χ1n) is 7.71. The van der Waals surface area contributed by atoms with Crippen molar-refractivity contribution in [2.45, 2.75) is 31.2 Å². The van der Waals surface area contributed by atoms with Crippen LogP contribution in [0.25, 0.3) is 0 Å². The summed E-state index contributed by atoms with van der Waals surface area (Å²) in [6.07, 6.45) is 5.27. The molecule has 0 aromatic heterocycles. The molecule has 112 valence electrons. The first kappa shape index (κ1) is 15.2. The van der Waals surface area contributed by atoms with Crippen molar-refractivity contribution in [1.29, 1.82) is 0 Å². The number of likely N-dealkylation sites (N-methyl/N-ethyl adjacent to an activating group) is 1. The molecule has 0 spiro atoms. The van der Waals surface area contributed by atoms with Crippen LogP contribution in [0.2, 0.25) is 0 Å². The zero-order valence-corrected chi connectivity index (χ0v) is 12.9. The largest absolute Gasteiger partial charge is 0.383 e. The Balaban J connectivity index is 1.93. The second-order valence-electron chi connectivity index (χ2n) is 6.64. The molecule has 1 saturated heterocycles. The molecule has 0 radical (unpaired) electrons. The van der Waals surface area contributed by atoms with E-state index in [0.717, 1.165) is 18.4 Å². The lowest BCUT2D eigenvalue weighted by atomic mass is 9.89. The maximum atomic E-state index is 6.13. The van der Waals surface area contributed by atoms with Gasteiger partial charge in [-0.3, -0.25) is 4.90 Å². The summed E-state index contributed by atoms with van der Waals surface area (Å²) in [6, 6.07) is 0. The number of nitrogens with two attached hydrogens (primary N) is 1. The van der Waals surface area contributed by atoms with E-state index in [2.05, 4.69) is 23.9 Å². The summed E-state index contributed by atoms with van der Waals surface area (Å²) in [6.45, 7) is 5.14. The van der Waals surface area contributed by atoms with Crippen LogP contribution in [0, 0.1) is 11.8 Å². The van der Waals surface area contributed by atoms with Crippen LogP contribution in [-0.2, 0) is 4.74 Å². The van der Waals surface area contributed by atoms with Crippen LogP contribution in [-0.4, -0.2) is 69.3 Å². The molecule has 0 aromatic rings. The highest BCUT2D eigenvalue weighted by Crippen LogP contribution is 2.43. The van der Waals surface area contributed by atoms with E-state index in [0.29, 0.717) is 6.54 Å². The number of methoxy groups -OCH3 is 1. The van der Waals surface area contributed by atoms with Crippen LogP contribution in [0.4, 0.5) is 0 Å². The summed E-state index contributed by atoms with van der Waals surface area (Å²) in [5, 5.41) is 0. The topological polar surface area (TPSA) is 41.7 Å². The van der Waals surface area contributed by atoms with Crippen molar-refractivity contribution in [1.82, 2.24) is 9.80 Å². The SMILES string of the molecule is COCC(CN)(C1CC1)N(C)CC1CCN(C)CC1. The Morgan fingerprint density at radius 2 is 1.89 bits per heavy atom. The van der Waals surface area contributed by atoms with Gasteiger partial charge >= 0.3 is 0 Å². The third kappa shape index (κ3) is 3.48. The normalized spacial score (nSPS) is 25.7. The number of ether oxygens (including phenoxy) is 1. The first-order chi connectivity index (χ1) is 9.12. The molecule has 19 heavy (non-hydrogen) atoms. The fourth-order valence-corrected chi connectivity index (χ4v) is 3.61. The predicted octanol–water partition coefficient (Wildman–Crippen LogP) is 1.01. The average Bonchev–Trinajstić information content (AvgIpc) is 3.23. The second-order valence-corrected chi connectivity index (χ2v) is 6.64. The molecule has 1 saturated carbocycles. The molecule has 2 N–H and O–H groups in total. The van der Waals surface area contributed by atoms with Gasteiger partial charge in [0, 0.05) is 20.2 Å². The highest BCUT2D eigenvalue weighted by atomic mass is 16.5. The van der Waals surface area contributed by atoms with E-state index in [1.807, 2.05) is 0 Å². The predicted molar refractivity (Wildman–Crippen MR) is 79.2 cm³/mol. The lowest BCUT2D eigenvalue weighted by molar-refractivity contribution is 0.00177. The molecule has 0 bridgehead atoms. The Bertz CT molecular complexity index is 275. The molecule has 4 nitrogen and oxygen atoms in total. The molecular formula is C15H31N3O. The Morgan fingerprint density at radius 1 is 1.26 bits per heavy atom. The Morgan fingerprint density at radius 3 is 2.37 bits per heavy atom. The van der Waals surface area contributed by atoms with Crippen molar-refractivity contribution in [2.75, 3.05) is 54.0 Å². The maximum Gasteiger partial charge on any atom is 0.0661 e. The van der Waals surface area contributed by atoms with Crippen molar-refractivity contribution >= 4 is 0 Å². The Hall–Kier alpha value is -0.160. The lowest BCUT2D eigenvalue weighted by Crippen LogP contribution is -2.58. The molecule has 2 rings (SSSR count). The van der Waals surface area contributed by atoms with Gasteiger partial charge in [-0.05, 0) is 64.7 Å². The molecule has 2 aliphatic rings. The molecule has 0 aromatic carbocycles. The fraction of sp³-hybridized carbons (Fsp3) is 1.00. The van der Waals surface area contributed by atoms with Crippen molar-refractivity contribution < 1.29 is 4.74 Å². The van der Waals surface area contributed by atoms with Crippen molar-refractivity contribution in [2.24, 2.45) is 17.6 Å². The number of rotatable bonds is 7. The van der Waals surface area contributed by atoms with Gasteiger partial charge in [0.1, 0.15) is 0 Å². The van der Waals surface area contributed by atoms with Crippen LogP contribution in [0.5, 0.6) is 0 Å². The Labute approximate surface area is 118 Å². The van der Waals surface area contributed by atoms with E-state index in [9.17, 15) is 0 Å². The van der Waals surface area contributed by atoms with Crippen LogP contribution >= 0.6 is 0 Å². The minimum Gasteiger partial charge on any atom is -0.383 e. The molecule has 1 unspecified atom stereocenters. The first-order valence-corrected chi connectivity index (χ1v) is 7.71. The van der Waals surface area contributed by atoms with Gasteiger partial charge in [-0.1, -0.05) is 0 Å². The zero-order valence-electron chi connectivity index (χ0n) is 12.9. The minimum absolute atomic E-state index is 0.0814. The standard InChI is InChI=1S/C15H31N3O/c1-17-8-6-13(7-9-17)10-18(2)15(11-16,12-19-3)14-4-5-14/h13-14H,4-12,16H2,1-3H3. The molecule has 1 aliphatic carbocycles.